The molecule has 2 heteroatoms. The van der Waals surface area contributed by atoms with Crippen LogP contribution in [0.1, 0.15) is 0 Å². The Morgan fingerprint density at radius 3 is 1.83 bits per heavy atom. The van der Waals surface area contributed by atoms with E-state index in [1.165, 1.54) is 75.8 Å². The fraction of sp³-hybridized carbons (Fsp3) is 0. The van der Waals surface area contributed by atoms with E-state index in [0.29, 0.717) is 0 Å². The number of hydrogen-bond donors (Lipinski definition) is 0. The maximum atomic E-state index is 6.68. The molecule has 0 aliphatic carbocycles. The first kappa shape index (κ1) is 25.6. The molecule has 0 bridgehead atoms. The van der Waals surface area contributed by atoms with Gasteiger partial charge in [0.2, 0.25) is 0 Å². The van der Waals surface area contributed by atoms with Crippen LogP contribution in [0.2, 0.25) is 0 Å². The lowest BCUT2D eigenvalue weighted by atomic mass is 9.84. The van der Waals surface area contributed by atoms with E-state index in [2.05, 4.69) is 157 Å². The third kappa shape index (κ3) is 3.68. The number of hydrogen-bond acceptors (Lipinski definition) is 2. The van der Waals surface area contributed by atoms with Gasteiger partial charge in [0.15, 0.2) is 0 Å². The molecule has 10 aromatic rings. The highest BCUT2D eigenvalue weighted by Gasteiger charge is 2.20. The number of fused-ring (bicyclic) bond motifs is 8. The first-order valence-electron chi connectivity index (χ1n) is 15.7. The standard InChI is InChI=1S/C44H26OS/c1-2-11-28(12-3-1)38-26-46-40-24-22-36-37-25-29(21-23-39(37)45-44(36)43(38)40)41-32-16-6-8-18-34(32)42(35-19-9-7-17-33(35)41)31-20-10-14-27-13-4-5-15-30(27)31/h1-26H. The van der Waals surface area contributed by atoms with Crippen LogP contribution in [0.15, 0.2) is 161 Å². The summed E-state index contributed by atoms with van der Waals surface area (Å²) in [5.41, 5.74) is 9.33. The molecule has 0 spiro atoms. The minimum absolute atomic E-state index is 0.914. The van der Waals surface area contributed by atoms with E-state index in [-0.39, 0.29) is 0 Å². The molecule has 0 fully saturated rings. The van der Waals surface area contributed by atoms with Crippen molar-refractivity contribution in [3.05, 3.63) is 157 Å². The molecule has 46 heavy (non-hydrogen) atoms. The van der Waals surface area contributed by atoms with Gasteiger partial charge < -0.3 is 4.42 Å². The molecule has 0 saturated heterocycles. The van der Waals surface area contributed by atoms with Crippen LogP contribution in [0, 0.1) is 0 Å². The molecule has 0 saturated carbocycles. The van der Waals surface area contributed by atoms with Gasteiger partial charge in [0, 0.05) is 26.4 Å². The number of rotatable bonds is 3. The molecular formula is C44H26OS. The minimum atomic E-state index is 0.914. The lowest BCUT2D eigenvalue weighted by molar-refractivity contribution is 0.673. The smallest absolute Gasteiger partial charge is 0.144 e. The Balaban J connectivity index is 1.27. The second-order valence-corrected chi connectivity index (χ2v) is 12.9. The first-order valence-corrected chi connectivity index (χ1v) is 16.6. The Labute approximate surface area is 269 Å². The van der Waals surface area contributed by atoms with Crippen molar-refractivity contribution in [3.63, 3.8) is 0 Å². The van der Waals surface area contributed by atoms with Gasteiger partial charge >= 0.3 is 0 Å². The third-order valence-electron chi connectivity index (χ3n) is 9.54. The van der Waals surface area contributed by atoms with E-state index in [1.54, 1.807) is 11.3 Å². The van der Waals surface area contributed by atoms with Gasteiger partial charge in [0.05, 0.1) is 0 Å². The van der Waals surface area contributed by atoms with Crippen LogP contribution < -0.4 is 0 Å². The summed E-state index contributed by atoms with van der Waals surface area (Å²) in [5, 5.41) is 13.3. The molecular weight excluding hydrogens is 577 g/mol. The van der Waals surface area contributed by atoms with E-state index >= 15 is 0 Å². The van der Waals surface area contributed by atoms with Crippen molar-refractivity contribution in [1.29, 1.82) is 0 Å². The van der Waals surface area contributed by atoms with Crippen molar-refractivity contribution in [2.45, 2.75) is 0 Å². The average molecular weight is 603 g/mol. The van der Waals surface area contributed by atoms with Crippen LogP contribution in [-0.4, -0.2) is 0 Å². The summed E-state index contributed by atoms with van der Waals surface area (Å²) >= 11 is 1.78. The molecule has 2 aromatic heterocycles. The predicted molar refractivity (Wildman–Crippen MR) is 198 cm³/mol. The fourth-order valence-electron chi connectivity index (χ4n) is 7.52. The zero-order chi connectivity index (χ0) is 30.2. The topological polar surface area (TPSA) is 13.1 Å². The Kier molecular flexibility index (Phi) is 5.51. The van der Waals surface area contributed by atoms with Crippen molar-refractivity contribution >= 4 is 75.7 Å². The van der Waals surface area contributed by atoms with Crippen molar-refractivity contribution in [2.24, 2.45) is 0 Å². The largest absolute Gasteiger partial charge is 0.455 e. The van der Waals surface area contributed by atoms with Gasteiger partial charge in [0.1, 0.15) is 11.2 Å². The Morgan fingerprint density at radius 1 is 0.413 bits per heavy atom. The van der Waals surface area contributed by atoms with E-state index in [1.807, 2.05) is 0 Å². The van der Waals surface area contributed by atoms with E-state index in [0.717, 1.165) is 21.9 Å². The quantitative estimate of drug-likeness (QED) is 0.183. The fourth-order valence-corrected chi connectivity index (χ4v) is 8.48. The molecule has 0 radical (unpaired) electrons. The highest BCUT2D eigenvalue weighted by molar-refractivity contribution is 7.18. The first-order chi connectivity index (χ1) is 22.8. The minimum Gasteiger partial charge on any atom is -0.455 e. The van der Waals surface area contributed by atoms with Gasteiger partial charge in [-0.1, -0.05) is 127 Å². The summed E-state index contributed by atoms with van der Waals surface area (Å²) in [6, 6.07) is 55.0. The SMILES string of the molecule is c1ccc(-c2csc3ccc4c5cc(-c6c7ccccc7c(-c7cccc8ccccc78)c7ccccc67)ccc5oc4c23)cc1. The monoisotopic (exact) mass is 602 g/mol. The highest BCUT2D eigenvalue weighted by Crippen LogP contribution is 2.47. The van der Waals surface area contributed by atoms with Gasteiger partial charge in [-0.3, -0.25) is 0 Å². The number of furan rings is 1. The molecule has 0 aliphatic rings. The van der Waals surface area contributed by atoms with Crippen LogP contribution in [0.5, 0.6) is 0 Å². The van der Waals surface area contributed by atoms with Crippen molar-refractivity contribution in [2.75, 3.05) is 0 Å². The highest BCUT2D eigenvalue weighted by atomic mass is 32.1. The lowest BCUT2D eigenvalue weighted by Gasteiger charge is -2.18. The molecule has 10 rings (SSSR count). The Hall–Kier alpha value is -5.70. The molecule has 0 aliphatic heterocycles. The second-order valence-electron chi connectivity index (χ2n) is 12.0. The van der Waals surface area contributed by atoms with Gasteiger partial charge in [-0.15, -0.1) is 11.3 Å². The maximum Gasteiger partial charge on any atom is 0.144 e. The zero-order valence-electron chi connectivity index (χ0n) is 24.8. The van der Waals surface area contributed by atoms with E-state index < -0.39 is 0 Å². The predicted octanol–water partition coefficient (Wildman–Crippen LogP) is 13.3. The zero-order valence-corrected chi connectivity index (χ0v) is 25.6. The summed E-state index contributed by atoms with van der Waals surface area (Å²) in [6.07, 6.45) is 0. The molecule has 0 N–H and O–H groups in total. The summed E-state index contributed by atoms with van der Waals surface area (Å²) < 4.78 is 7.92. The molecule has 2 heterocycles. The molecule has 0 unspecified atom stereocenters. The summed E-state index contributed by atoms with van der Waals surface area (Å²) in [6.45, 7) is 0. The molecule has 0 amide bonds. The Morgan fingerprint density at radius 2 is 1.07 bits per heavy atom. The van der Waals surface area contributed by atoms with Crippen LogP contribution in [0.25, 0.3) is 97.7 Å². The van der Waals surface area contributed by atoms with Crippen molar-refractivity contribution in [3.8, 4) is 33.4 Å². The molecule has 1 nitrogen and oxygen atoms in total. The summed E-state index contributed by atoms with van der Waals surface area (Å²) in [5.74, 6) is 0. The average Bonchev–Trinajstić information content (AvgIpc) is 3.72. The van der Waals surface area contributed by atoms with Gasteiger partial charge in [-0.25, -0.2) is 0 Å². The molecule has 214 valence electrons. The summed E-state index contributed by atoms with van der Waals surface area (Å²) in [4.78, 5) is 0. The normalized spacial score (nSPS) is 11.9. The van der Waals surface area contributed by atoms with Crippen LogP contribution in [-0.2, 0) is 0 Å². The summed E-state index contributed by atoms with van der Waals surface area (Å²) in [7, 11) is 0. The maximum absolute atomic E-state index is 6.68. The van der Waals surface area contributed by atoms with Gasteiger partial charge in [0.25, 0.3) is 0 Å². The van der Waals surface area contributed by atoms with Crippen LogP contribution >= 0.6 is 11.3 Å². The number of thiophene rings is 1. The van der Waals surface area contributed by atoms with E-state index in [9.17, 15) is 0 Å². The molecule has 8 aromatic carbocycles. The van der Waals surface area contributed by atoms with Crippen LogP contribution in [0.3, 0.4) is 0 Å². The molecule has 0 atom stereocenters. The lowest BCUT2D eigenvalue weighted by Crippen LogP contribution is -1.91. The van der Waals surface area contributed by atoms with Gasteiger partial charge in [-0.2, -0.15) is 0 Å². The third-order valence-corrected chi connectivity index (χ3v) is 10.5. The van der Waals surface area contributed by atoms with E-state index in [4.69, 9.17) is 4.42 Å². The van der Waals surface area contributed by atoms with Crippen molar-refractivity contribution < 1.29 is 4.42 Å². The van der Waals surface area contributed by atoms with Gasteiger partial charge in [-0.05, 0) is 89.8 Å². The van der Waals surface area contributed by atoms with Crippen molar-refractivity contribution in [1.82, 2.24) is 0 Å². The second kappa shape index (κ2) is 9.90. The Bertz CT molecular complexity index is 2740. The number of benzene rings is 8. The van der Waals surface area contributed by atoms with Crippen LogP contribution in [0.4, 0.5) is 0 Å².